The van der Waals surface area contributed by atoms with Crippen LogP contribution in [0.15, 0.2) is 51.2 Å². The molecule has 5 aromatic rings. The average Bonchev–Trinajstić information content (AvgIpc) is 3.71. The molecule has 0 amide bonds. The van der Waals surface area contributed by atoms with Crippen molar-refractivity contribution in [3.63, 3.8) is 0 Å². The number of benzene rings is 2. The van der Waals surface area contributed by atoms with Gasteiger partial charge in [0.25, 0.3) is 0 Å². The third-order valence-corrected chi connectivity index (χ3v) is 7.06. The van der Waals surface area contributed by atoms with Gasteiger partial charge in [-0.25, -0.2) is 9.78 Å². The molecule has 1 unspecified atom stereocenters. The number of thiazole rings is 1. The van der Waals surface area contributed by atoms with Crippen molar-refractivity contribution in [2.75, 3.05) is 12.1 Å². The molecule has 13 nitrogen and oxygen atoms in total. The molecule has 2 aromatic carbocycles. The van der Waals surface area contributed by atoms with Gasteiger partial charge in [-0.2, -0.15) is 9.67 Å². The second-order valence-electron chi connectivity index (χ2n) is 9.21. The van der Waals surface area contributed by atoms with Crippen LogP contribution >= 0.6 is 11.3 Å². The Morgan fingerprint density at radius 2 is 2.10 bits per heavy atom. The van der Waals surface area contributed by atoms with Crippen LogP contribution in [0.25, 0.3) is 17.2 Å². The zero-order valence-electron chi connectivity index (χ0n) is 22.3. The van der Waals surface area contributed by atoms with Gasteiger partial charge in [0.2, 0.25) is 22.6 Å². The van der Waals surface area contributed by atoms with E-state index in [4.69, 9.17) is 18.7 Å². The number of aromatic amines is 1. The summed E-state index contributed by atoms with van der Waals surface area (Å²) in [5.74, 6) is 1.71. The van der Waals surface area contributed by atoms with Gasteiger partial charge < -0.3 is 24.1 Å². The maximum absolute atomic E-state index is 13.1. The van der Waals surface area contributed by atoms with Crippen molar-refractivity contribution in [1.29, 1.82) is 0 Å². The van der Waals surface area contributed by atoms with Gasteiger partial charge >= 0.3 is 11.7 Å². The number of aryl methyl sites for hydroxylation is 2. The van der Waals surface area contributed by atoms with E-state index in [0.29, 0.717) is 24.1 Å². The number of hydrogen-bond donors (Lipinski definition) is 2. The lowest BCUT2D eigenvalue weighted by Gasteiger charge is -2.24. The lowest BCUT2D eigenvalue weighted by Crippen LogP contribution is -2.18. The van der Waals surface area contributed by atoms with Crippen molar-refractivity contribution >= 4 is 23.0 Å². The van der Waals surface area contributed by atoms with Crippen molar-refractivity contribution in [2.24, 2.45) is 0 Å². The summed E-state index contributed by atoms with van der Waals surface area (Å²) in [7, 11) is 0. The van der Waals surface area contributed by atoms with Gasteiger partial charge in [-0.05, 0) is 53.9 Å². The molecule has 0 bridgehead atoms. The Balaban J connectivity index is 1.41. The molecule has 0 aliphatic carbocycles. The number of carbonyl (C=O) groups excluding carboxylic acids is 1. The Labute approximate surface area is 237 Å². The zero-order chi connectivity index (χ0) is 28.5. The third-order valence-electron chi connectivity index (χ3n) is 6.37. The second-order valence-corrected chi connectivity index (χ2v) is 10.0. The summed E-state index contributed by atoms with van der Waals surface area (Å²) in [6.07, 6.45) is 0.733. The molecular formula is C27H25N7O6S. The molecule has 1 atom stereocenters. The minimum atomic E-state index is -0.587. The molecule has 0 saturated heterocycles. The second kappa shape index (κ2) is 11.0. The molecule has 0 spiro atoms. The first kappa shape index (κ1) is 26.4. The van der Waals surface area contributed by atoms with Crippen LogP contribution in [0.3, 0.4) is 0 Å². The van der Waals surface area contributed by atoms with Crippen LogP contribution in [0.5, 0.6) is 10.8 Å². The molecule has 0 fully saturated rings. The van der Waals surface area contributed by atoms with E-state index in [2.05, 4.69) is 37.4 Å². The number of nitrogens with zero attached hydrogens (tertiary/aromatic N) is 5. The van der Waals surface area contributed by atoms with Crippen LogP contribution in [-0.2, 0) is 22.6 Å². The quantitative estimate of drug-likeness (QED) is 0.258. The van der Waals surface area contributed by atoms with Gasteiger partial charge in [0.1, 0.15) is 11.8 Å². The molecule has 2 N–H and O–H groups in total. The summed E-state index contributed by atoms with van der Waals surface area (Å²) in [6.45, 7) is 5.66. The highest BCUT2D eigenvalue weighted by atomic mass is 32.1. The number of fused-ring (bicyclic) bond motifs is 1. The molecule has 1 aliphatic heterocycles. The number of hydrogen-bond acceptors (Lipinski definition) is 12. The fourth-order valence-corrected chi connectivity index (χ4v) is 5.21. The van der Waals surface area contributed by atoms with Crippen molar-refractivity contribution in [1.82, 2.24) is 29.9 Å². The number of anilines is 1. The SMILES string of the molecule is CCc1cc(C(Nc2ccc(-c3noc(C)n3)cc2)c2nn(-c3ncsc3OC(C)=O)c(=O)[nH]2)cc2c1OCOC2. The average molecular weight is 576 g/mol. The predicted octanol–water partition coefficient (Wildman–Crippen LogP) is 3.93. The summed E-state index contributed by atoms with van der Waals surface area (Å²) >= 11 is 1.09. The number of nitrogens with one attached hydrogen (secondary N) is 2. The molecule has 41 heavy (non-hydrogen) atoms. The molecule has 4 heterocycles. The van der Waals surface area contributed by atoms with Crippen LogP contribution in [0, 0.1) is 6.92 Å². The number of ether oxygens (including phenoxy) is 3. The first-order valence-electron chi connectivity index (χ1n) is 12.7. The molecule has 6 rings (SSSR count). The standard InChI is InChI=1S/C27H25N7O6S/c1-4-16-9-18(10-19-11-37-13-38-22(16)19)21(30-20-7-5-17(6-8-20)23-29-14(2)40-33-23)24-31-27(36)34(32-24)25-26(39-15(3)35)41-12-28-25/h5-10,12,21,30H,4,11,13H2,1-3H3,(H,31,32,36). The van der Waals surface area contributed by atoms with E-state index in [-0.39, 0.29) is 17.7 Å². The minimum Gasteiger partial charge on any atom is -0.467 e. The normalized spacial score (nSPS) is 13.3. The first-order chi connectivity index (χ1) is 19.9. The van der Waals surface area contributed by atoms with Crippen LogP contribution in [0.4, 0.5) is 5.69 Å². The number of carbonyl (C=O) groups is 1. The number of H-pyrrole nitrogens is 1. The van der Waals surface area contributed by atoms with E-state index < -0.39 is 17.7 Å². The van der Waals surface area contributed by atoms with Crippen molar-refractivity contribution < 1.29 is 23.5 Å². The van der Waals surface area contributed by atoms with E-state index in [1.807, 2.05) is 36.4 Å². The van der Waals surface area contributed by atoms with Crippen molar-refractivity contribution in [3.8, 4) is 28.0 Å². The maximum atomic E-state index is 13.1. The maximum Gasteiger partial charge on any atom is 0.349 e. The Kier molecular flexibility index (Phi) is 7.07. The first-order valence-corrected chi connectivity index (χ1v) is 13.6. The lowest BCUT2D eigenvalue weighted by atomic mass is 9.97. The highest BCUT2D eigenvalue weighted by molar-refractivity contribution is 7.12. The van der Waals surface area contributed by atoms with E-state index in [9.17, 15) is 9.59 Å². The third kappa shape index (κ3) is 5.34. The predicted molar refractivity (Wildman–Crippen MR) is 147 cm³/mol. The summed E-state index contributed by atoms with van der Waals surface area (Å²) < 4.78 is 22.7. The van der Waals surface area contributed by atoms with Crippen LogP contribution < -0.4 is 20.5 Å². The van der Waals surface area contributed by atoms with Gasteiger partial charge in [0, 0.05) is 30.7 Å². The lowest BCUT2D eigenvalue weighted by molar-refractivity contribution is -0.131. The van der Waals surface area contributed by atoms with Crippen LogP contribution in [-0.4, -0.2) is 42.7 Å². The number of aromatic nitrogens is 6. The fourth-order valence-electron chi connectivity index (χ4n) is 4.55. The van der Waals surface area contributed by atoms with E-state index in [1.54, 1.807) is 6.92 Å². The minimum absolute atomic E-state index is 0.123. The van der Waals surface area contributed by atoms with E-state index in [1.165, 1.54) is 12.4 Å². The van der Waals surface area contributed by atoms with E-state index >= 15 is 0 Å². The summed E-state index contributed by atoms with van der Waals surface area (Å²) in [4.78, 5) is 36.0. The summed E-state index contributed by atoms with van der Waals surface area (Å²) in [5.41, 5.74) is 5.24. The number of rotatable bonds is 8. The summed E-state index contributed by atoms with van der Waals surface area (Å²) in [6, 6.07) is 10.9. The van der Waals surface area contributed by atoms with Crippen molar-refractivity contribution in [2.45, 2.75) is 39.8 Å². The Morgan fingerprint density at radius 1 is 1.27 bits per heavy atom. The van der Waals surface area contributed by atoms with Crippen LogP contribution in [0.2, 0.25) is 0 Å². The largest absolute Gasteiger partial charge is 0.467 e. The molecule has 3 aromatic heterocycles. The summed E-state index contributed by atoms with van der Waals surface area (Å²) in [5, 5.41) is 12.2. The van der Waals surface area contributed by atoms with Gasteiger partial charge in [0.15, 0.2) is 12.6 Å². The Morgan fingerprint density at radius 3 is 2.83 bits per heavy atom. The smallest absolute Gasteiger partial charge is 0.349 e. The monoisotopic (exact) mass is 575 g/mol. The highest BCUT2D eigenvalue weighted by Crippen LogP contribution is 2.35. The zero-order valence-corrected chi connectivity index (χ0v) is 23.2. The van der Waals surface area contributed by atoms with Gasteiger partial charge in [-0.1, -0.05) is 23.4 Å². The number of esters is 1. The van der Waals surface area contributed by atoms with Gasteiger partial charge in [0.05, 0.1) is 12.1 Å². The molecule has 0 radical (unpaired) electrons. The van der Waals surface area contributed by atoms with E-state index in [0.717, 1.165) is 56.1 Å². The molecule has 0 saturated carbocycles. The fraction of sp³-hybridized carbons (Fsp3) is 0.259. The van der Waals surface area contributed by atoms with Crippen LogP contribution in [0.1, 0.15) is 48.3 Å². The molecular weight excluding hydrogens is 550 g/mol. The molecule has 1 aliphatic rings. The Bertz CT molecular complexity index is 1750. The topological polar surface area (TPSA) is 159 Å². The van der Waals surface area contributed by atoms with Gasteiger partial charge in [-0.15, -0.1) is 5.10 Å². The molecule has 210 valence electrons. The molecule has 14 heteroatoms. The van der Waals surface area contributed by atoms with Gasteiger partial charge in [-0.3, -0.25) is 9.78 Å². The highest BCUT2D eigenvalue weighted by Gasteiger charge is 2.26. The Hall–Kier alpha value is -4.82. The van der Waals surface area contributed by atoms with Crippen molar-refractivity contribution in [3.05, 3.63) is 80.8 Å².